The van der Waals surface area contributed by atoms with E-state index in [0.29, 0.717) is 22.9 Å². The smallest absolute Gasteiger partial charge is 0.273 e. The first-order valence-corrected chi connectivity index (χ1v) is 6.73. The minimum absolute atomic E-state index is 0.0774. The predicted molar refractivity (Wildman–Crippen MR) is 78.0 cm³/mol. The van der Waals surface area contributed by atoms with E-state index in [-0.39, 0.29) is 11.7 Å². The lowest BCUT2D eigenvalue weighted by Crippen LogP contribution is -2.26. The van der Waals surface area contributed by atoms with Crippen LogP contribution in [0.4, 0.5) is 11.6 Å². The average molecular weight is 288 g/mol. The Morgan fingerprint density at radius 1 is 1.52 bits per heavy atom. The number of anilines is 1. The second kappa shape index (κ2) is 5.13. The summed E-state index contributed by atoms with van der Waals surface area (Å²) in [4.78, 5) is 17.1. The molecule has 0 saturated carbocycles. The van der Waals surface area contributed by atoms with Gasteiger partial charge in [-0.15, -0.1) is 5.10 Å². The van der Waals surface area contributed by atoms with Crippen LogP contribution in [0.3, 0.4) is 0 Å². The molecule has 0 aliphatic carbocycles. The number of hydrogen-bond acceptors (Lipinski definition) is 6. The Morgan fingerprint density at radius 2 is 2.33 bits per heavy atom. The molecule has 1 saturated heterocycles. The number of nitrogens with one attached hydrogen (secondary N) is 1. The van der Waals surface area contributed by atoms with Crippen LogP contribution in [0.1, 0.15) is 12.0 Å². The molecule has 21 heavy (non-hydrogen) atoms. The molecule has 1 aromatic heterocycles. The van der Waals surface area contributed by atoms with E-state index in [4.69, 9.17) is 5.73 Å². The molecule has 3 N–H and O–H groups in total. The number of aromatic nitrogens is 3. The maximum absolute atomic E-state index is 11.0. The lowest BCUT2D eigenvalue weighted by atomic mass is 10.1. The molecule has 0 amide bonds. The van der Waals surface area contributed by atoms with E-state index in [1.54, 1.807) is 19.1 Å². The molecule has 2 heterocycles. The van der Waals surface area contributed by atoms with Gasteiger partial charge in [0.15, 0.2) is 5.82 Å². The normalized spacial score (nSPS) is 18.2. The predicted octanol–water partition coefficient (Wildman–Crippen LogP) is 1.23. The van der Waals surface area contributed by atoms with Crippen molar-refractivity contribution in [1.82, 2.24) is 15.2 Å². The zero-order valence-corrected chi connectivity index (χ0v) is 11.6. The molecule has 1 atom stereocenters. The highest BCUT2D eigenvalue weighted by atomic mass is 16.6. The van der Waals surface area contributed by atoms with Crippen LogP contribution in [0.2, 0.25) is 0 Å². The number of nitro groups is 1. The number of benzene rings is 1. The topological polar surface area (TPSA) is 114 Å². The fraction of sp³-hybridized carbons (Fsp3) is 0.385. The fourth-order valence-electron chi connectivity index (χ4n) is 2.56. The lowest BCUT2D eigenvalue weighted by molar-refractivity contribution is -0.385. The van der Waals surface area contributed by atoms with Crippen molar-refractivity contribution in [2.75, 3.05) is 18.0 Å². The molecule has 2 aromatic rings. The molecule has 0 bridgehead atoms. The molecule has 8 heteroatoms. The monoisotopic (exact) mass is 288 g/mol. The van der Waals surface area contributed by atoms with Crippen LogP contribution in [-0.4, -0.2) is 39.2 Å². The third-order valence-corrected chi connectivity index (χ3v) is 3.74. The van der Waals surface area contributed by atoms with Gasteiger partial charge in [-0.3, -0.25) is 15.2 Å². The number of nitrogens with zero attached hydrogens (tertiary/aromatic N) is 4. The summed E-state index contributed by atoms with van der Waals surface area (Å²) in [5.41, 5.74) is 7.21. The van der Waals surface area contributed by atoms with Gasteiger partial charge in [0.2, 0.25) is 5.95 Å². The van der Waals surface area contributed by atoms with Crippen molar-refractivity contribution in [3.63, 3.8) is 0 Å². The lowest BCUT2D eigenvalue weighted by Gasteiger charge is -2.11. The first-order chi connectivity index (χ1) is 10.1. The fourth-order valence-corrected chi connectivity index (χ4v) is 2.56. The van der Waals surface area contributed by atoms with Gasteiger partial charge >= 0.3 is 0 Å². The van der Waals surface area contributed by atoms with E-state index in [2.05, 4.69) is 15.2 Å². The molecule has 0 spiro atoms. The summed E-state index contributed by atoms with van der Waals surface area (Å²) in [5, 5.41) is 18.0. The van der Waals surface area contributed by atoms with Crippen LogP contribution in [0, 0.1) is 17.0 Å². The van der Waals surface area contributed by atoms with Gasteiger partial charge in [-0.1, -0.05) is 12.1 Å². The Labute approximate surface area is 121 Å². The molecular weight excluding hydrogens is 272 g/mol. The Hall–Kier alpha value is -2.48. The maximum Gasteiger partial charge on any atom is 0.273 e. The molecule has 1 fully saturated rings. The molecule has 1 aliphatic heterocycles. The highest BCUT2D eigenvalue weighted by molar-refractivity contribution is 5.66. The van der Waals surface area contributed by atoms with Crippen LogP contribution in [-0.2, 0) is 0 Å². The third kappa shape index (κ3) is 2.45. The highest BCUT2D eigenvalue weighted by Gasteiger charge is 2.23. The van der Waals surface area contributed by atoms with Gasteiger partial charge in [0.25, 0.3) is 5.69 Å². The summed E-state index contributed by atoms with van der Waals surface area (Å²) in [6, 6.07) is 5.07. The van der Waals surface area contributed by atoms with Gasteiger partial charge < -0.3 is 10.6 Å². The number of hydrogen-bond donors (Lipinski definition) is 2. The second-order valence-electron chi connectivity index (χ2n) is 5.19. The molecule has 1 unspecified atom stereocenters. The Morgan fingerprint density at radius 3 is 3.00 bits per heavy atom. The first-order valence-electron chi connectivity index (χ1n) is 6.73. The summed E-state index contributed by atoms with van der Waals surface area (Å²) in [6.07, 6.45) is 0.916. The number of nitro benzene ring substituents is 1. The van der Waals surface area contributed by atoms with Crippen molar-refractivity contribution in [1.29, 1.82) is 0 Å². The largest absolute Gasteiger partial charge is 0.338 e. The Bertz CT molecular complexity index is 683. The summed E-state index contributed by atoms with van der Waals surface area (Å²) in [5.74, 6) is 1.12. The molecule has 3 rings (SSSR count). The van der Waals surface area contributed by atoms with Gasteiger partial charge in [-0.25, -0.2) is 0 Å². The summed E-state index contributed by atoms with van der Waals surface area (Å²) in [6.45, 7) is 3.26. The van der Waals surface area contributed by atoms with Crippen molar-refractivity contribution in [3.8, 4) is 11.4 Å². The van der Waals surface area contributed by atoms with Crippen molar-refractivity contribution >= 4 is 11.6 Å². The molecule has 110 valence electrons. The van der Waals surface area contributed by atoms with Gasteiger partial charge in [-0.2, -0.15) is 4.98 Å². The van der Waals surface area contributed by atoms with Crippen LogP contribution in [0.5, 0.6) is 0 Å². The molecule has 1 aliphatic rings. The quantitative estimate of drug-likeness (QED) is 0.648. The molecule has 1 aromatic carbocycles. The van der Waals surface area contributed by atoms with Crippen molar-refractivity contribution in [2.45, 2.75) is 19.4 Å². The van der Waals surface area contributed by atoms with E-state index in [1.165, 1.54) is 6.07 Å². The van der Waals surface area contributed by atoms with Crippen LogP contribution in [0.15, 0.2) is 18.2 Å². The van der Waals surface area contributed by atoms with Crippen LogP contribution >= 0.6 is 0 Å². The minimum Gasteiger partial charge on any atom is -0.338 e. The Kier molecular flexibility index (Phi) is 3.30. The SMILES string of the molecule is Cc1c(-c2nc(N3CCC(N)C3)n[nH]2)cccc1[N+](=O)[O-]. The standard InChI is InChI=1S/C13H16N6O2/c1-8-10(3-2-4-11(8)19(20)21)12-15-13(17-16-12)18-6-5-9(14)7-18/h2-4,9H,5-7,14H2,1H3,(H,15,16,17). The van der Waals surface area contributed by atoms with Crippen molar-refractivity contribution in [3.05, 3.63) is 33.9 Å². The van der Waals surface area contributed by atoms with E-state index in [9.17, 15) is 10.1 Å². The highest BCUT2D eigenvalue weighted by Crippen LogP contribution is 2.28. The summed E-state index contributed by atoms with van der Waals surface area (Å²) < 4.78 is 0. The van der Waals surface area contributed by atoms with Crippen molar-refractivity contribution < 1.29 is 4.92 Å². The van der Waals surface area contributed by atoms with Crippen LogP contribution < -0.4 is 10.6 Å². The third-order valence-electron chi connectivity index (χ3n) is 3.74. The first kappa shape index (κ1) is 13.5. The van der Waals surface area contributed by atoms with Gasteiger partial charge in [0.1, 0.15) is 0 Å². The molecular formula is C13H16N6O2. The van der Waals surface area contributed by atoms with E-state index < -0.39 is 4.92 Å². The van der Waals surface area contributed by atoms with Gasteiger partial charge in [0.05, 0.1) is 4.92 Å². The Balaban J connectivity index is 1.93. The number of aromatic amines is 1. The van der Waals surface area contributed by atoms with E-state index in [1.807, 2.05) is 4.90 Å². The van der Waals surface area contributed by atoms with E-state index in [0.717, 1.165) is 19.5 Å². The van der Waals surface area contributed by atoms with Gasteiger partial charge in [0, 0.05) is 36.3 Å². The molecule has 0 radical (unpaired) electrons. The van der Waals surface area contributed by atoms with E-state index >= 15 is 0 Å². The summed E-state index contributed by atoms with van der Waals surface area (Å²) in [7, 11) is 0. The number of H-pyrrole nitrogens is 1. The zero-order valence-electron chi connectivity index (χ0n) is 11.6. The minimum atomic E-state index is -0.393. The van der Waals surface area contributed by atoms with Crippen molar-refractivity contribution in [2.24, 2.45) is 5.73 Å². The number of rotatable bonds is 3. The maximum atomic E-state index is 11.0. The van der Waals surface area contributed by atoms with Crippen LogP contribution in [0.25, 0.3) is 11.4 Å². The molecule has 8 nitrogen and oxygen atoms in total. The summed E-state index contributed by atoms with van der Waals surface area (Å²) >= 11 is 0. The zero-order chi connectivity index (χ0) is 15.0. The average Bonchev–Trinajstić information content (AvgIpc) is 3.07. The number of nitrogens with two attached hydrogens (primary N) is 1. The second-order valence-corrected chi connectivity index (χ2v) is 5.19. The van der Waals surface area contributed by atoms with Gasteiger partial charge in [-0.05, 0) is 13.3 Å².